The fourth-order valence-electron chi connectivity index (χ4n) is 2.87. The van der Waals surface area contributed by atoms with Gasteiger partial charge in [0.05, 0.1) is 0 Å². The topological polar surface area (TPSA) is 118 Å². The van der Waals surface area contributed by atoms with E-state index in [1.165, 1.54) is 6.07 Å². The molecule has 0 spiro atoms. The Bertz CT molecular complexity index is 1090. The maximum absolute atomic E-state index is 12.7. The molecule has 2 aromatic carbocycles. The maximum atomic E-state index is 12.7. The number of aliphatic carboxylic acids is 2. The number of rotatable bonds is 9. The lowest BCUT2D eigenvalue weighted by Crippen LogP contribution is -2.16. The van der Waals surface area contributed by atoms with Crippen molar-refractivity contribution in [1.29, 1.82) is 0 Å². The molecule has 0 amide bonds. The Morgan fingerprint density at radius 1 is 0.839 bits per heavy atom. The van der Waals surface area contributed by atoms with Crippen LogP contribution >= 0.6 is 0 Å². The van der Waals surface area contributed by atoms with Crippen LogP contribution in [0.25, 0.3) is 0 Å². The van der Waals surface area contributed by atoms with Crippen LogP contribution in [0, 0.1) is 0 Å². The van der Waals surface area contributed by atoms with Gasteiger partial charge in [0.25, 0.3) is 0 Å². The Labute approximate surface area is 178 Å². The second-order valence-electron chi connectivity index (χ2n) is 6.55. The van der Waals surface area contributed by atoms with Crippen LogP contribution in [0.5, 0.6) is 0 Å². The lowest BCUT2D eigenvalue weighted by atomic mass is 10.2. The molecule has 0 unspecified atom stereocenters. The van der Waals surface area contributed by atoms with Crippen molar-refractivity contribution in [3.05, 3.63) is 101 Å². The van der Waals surface area contributed by atoms with Crippen molar-refractivity contribution in [2.24, 2.45) is 0 Å². The third kappa shape index (κ3) is 5.60. The number of hydrogen-bond acceptors (Lipinski definition) is 5. The number of nitrogens with zero attached hydrogens (tertiary/aromatic N) is 1. The zero-order chi connectivity index (χ0) is 22.2. The molecule has 0 radical (unpaired) electrons. The molecule has 3 N–H and O–H groups in total. The number of carbonyl (C=O) groups excluding carboxylic acids is 1. The Morgan fingerprint density at radius 3 is 2.00 bits per heavy atom. The van der Waals surface area contributed by atoms with Gasteiger partial charge in [0.2, 0.25) is 0 Å². The number of nitrogens with one attached hydrogen (secondary N) is 1. The summed E-state index contributed by atoms with van der Waals surface area (Å²) in [4.78, 5) is 34.9. The highest BCUT2D eigenvalue weighted by atomic mass is 16.5. The molecule has 158 valence electrons. The summed E-state index contributed by atoms with van der Waals surface area (Å²) in [5.41, 5.74) is 1.13. The Kier molecular flexibility index (Phi) is 6.85. The van der Waals surface area contributed by atoms with Crippen molar-refractivity contribution in [3.8, 4) is 0 Å². The molecule has 0 saturated heterocycles. The van der Waals surface area contributed by atoms with Crippen molar-refractivity contribution < 1.29 is 29.3 Å². The van der Waals surface area contributed by atoms with Crippen LogP contribution in [0.4, 0.5) is 5.82 Å². The van der Waals surface area contributed by atoms with Crippen molar-refractivity contribution in [2.45, 2.75) is 13.2 Å². The number of esters is 1. The van der Waals surface area contributed by atoms with Crippen molar-refractivity contribution >= 4 is 23.7 Å². The third-order valence-corrected chi connectivity index (χ3v) is 4.41. The average Bonchev–Trinajstić information content (AvgIpc) is 3.15. The minimum atomic E-state index is -1.58. The second kappa shape index (κ2) is 9.93. The summed E-state index contributed by atoms with van der Waals surface area (Å²) in [6, 6.07) is 21.6. The van der Waals surface area contributed by atoms with Gasteiger partial charge in [0, 0.05) is 12.7 Å². The first-order valence-corrected chi connectivity index (χ1v) is 9.33. The number of hydrogen-bond donors (Lipinski definition) is 3. The van der Waals surface area contributed by atoms with Gasteiger partial charge in [-0.15, -0.1) is 0 Å². The van der Waals surface area contributed by atoms with Crippen LogP contribution in [0.15, 0.2) is 84.6 Å². The molecule has 0 bridgehead atoms. The predicted octanol–water partition coefficient (Wildman–Crippen LogP) is 3.36. The van der Waals surface area contributed by atoms with Crippen LogP contribution in [0.1, 0.15) is 21.6 Å². The van der Waals surface area contributed by atoms with E-state index in [0.717, 1.165) is 17.3 Å². The van der Waals surface area contributed by atoms with E-state index < -0.39 is 23.5 Å². The number of carboxylic acid groups (broad SMARTS) is 2. The third-order valence-electron chi connectivity index (χ3n) is 4.41. The van der Waals surface area contributed by atoms with Gasteiger partial charge >= 0.3 is 17.9 Å². The molecule has 1 aromatic heterocycles. The van der Waals surface area contributed by atoms with Gasteiger partial charge in [0.15, 0.2) is 5.57 Å². The molecule has 0 aliphatic carbocycles. The molecule has 0 aliphatic heterocycles. The van der Waals surface area contributed by atoms with Gasteiger partial charge < -0.3 is 24.8 Å². The number of carboxylic acids is 2. The van der Waals surface area contributed by atoms with Gasteiger partial charge in [-0.2, -0.15) is 0 Å². The van der Waals surface area contributed by atoms with E-state index in [0.29, 0.717) is 5.82 Å². The fourth-order valence-corrected chi connectivity index (χ4v) is 2.87. The van der Waals surface area contributed by atoms with Crippen molar-refractivity contribution in [3.63, 3.8) is 0 Å². The quantitative estimate of drug-likeness (QED) is 0.210. The highest BCUT2D eigenvalue weighted by Crippen LogP contribution is 2.19. The maximum Gasteiger partial charge on any atom is 0.355 e. The molecule has 1 heterocycles. The van der Waals surface area contributed by atoms with Gasteiger partial charge in [0.1, 0.15) is 18.1 Å². The lowest BCUT2D eigenvalue weighted by Gasteiger charge is -2.13. The van der Waals surface area contributed by atoms with E-state index in [9.17, 15) is 14.4 Å². The summed E-state index contributed by atoms with van der Waals surface area (Å²) in [6.45, 7) is 0.385. The Balaban J connectivity index is 1.87. The first kappa shape index (κ1) is 21.4. The SMILES string of the molecule is O=C(O)C(=CNc1ccc(C(=O)OCc2ccccc2)n1Cc1ccccc1)C(=O)O. The standard InChI is InChI=1S/C23H20N2O6/c26-21(27)18(22(28)29)13-24-20-12-11-19(25(20)14-16-7-3-1-4-8-16)23(30)31-15-17-9-5-2-6-10-17/h1-13,24H,14-15H2,(H,26,27)(H,28,29). The smallest absolute Gasteiger partial charge is 0.355 e. The highest BCUT2D eigenvalue weighted by Gasteiger charge is 2.19. The summed E-state index contributed by atoms with van der Waals surface area (Å²) < 4.78 is 7.01. The largest absolute Gasteiger partial charge is 0.477 e. The predicted molar refractivity (Wildman–Crippen MR) is 113 cm³/mol. The van der Waals surface area contributed by atoms with Crippen LogP contribution in [-0.2, 0) is 27.5 Å². The Morgan fingerprint density at radius 2 is 1.42 bits per heavy atom. The number of ether oxygens (including phenoxy) is 1. The molecule has 0 fully saturated rings. The summed E-state index contributed by atoms with van der Waals surface area (Å²) in [5.74, 6) is -3.38. The van der Waals surface area contributed by atoms with E-state index in [2.05, 4.69) is 5.32 Å². The zero-order valence-corrected chi connectivity index (χ0v) is 16.4. The molecule has 31 heavy (non-hydrogen) atoms. The monoisotopic (exact) mass is 420 g/mol. The summed E-state index contributed by atoms with van der Waals surface area (Å²) in [5, 5.41) is 20.7. The first-order chi connectivity index (χ1) is 15.0. The molecule has 8 heteroatoms. The summed E-state index contributed by atoms with van der Waals surface area (Å²) in [7, 11) is 0. The van der Waals surface area contributed by atoms with Crippen molar-refractivity contribution in [2.75, 3.05) is 5.32 Å². The summed E-state index contributed by atoms with van der Waals surface area (Å²) >= 11 is 0. The van der Waals surface area contributed by atoms with Crippen LogP contribution < -0.4 is 5.32 Å². The molecule has 0 aliphatic rings. The first-order valence-electron chi connectivity index (χ1n) is 9.33. The number of anilines is 1. The van der Waals surface area contributed by atoms with Gasteiger partial charge in [-0.3, -0.25) is 0 Å². The fraction of sp³-hybridized carbons (Fsp3) is 0.0870. The van der Waals surface area contributed by atoms with E-state index >= 15 is 0 Å². The molecule has 3 rings (SSSR count). The van der Waals surface area contributed by atoms with Crippen LogP contribution in [0.2, 0.25) is 0 Å². The molecule has 8 nitrogen and oxygen atoms in total. The van der Waals surface area contributed by atoms with Crippen LogP contribution in [-0.4, -0.2) is 32.7 Å². The van der Waals surface area contributed by atoms with Crippen molar-refractivity contribution in [1.82, 2.24) is 4.57 Å². The number of benzene rings is 2. The van der Waals surface area contributed by atoms with Gasteiger partial charge in [-0.25, -0.2) is 14.4 Å². The Hall–Kier alpha value is -4.33. The molecule has 3 aromatic rings. The van der Waals surface area contributed by atoms with Gasteiger partial charge in [-0.05, 0) is 23.3 Å². The van der Waals surface area contributed by atoms with E-state index in [1.54, 1.807) is 10.6 Å². The molecular weight excluding hydrogens is 400 g/mol. The van der Waals surface area contributed by atoms with E-state index in [1.807, 2.05) is 60.7 Å². The van der Waals surface area contributed by atoms with Gasteiger partial charge in [-0.1, -0.05) is 60.7 Å². The normalized spacial score (nSPS) is 10.2. The molecule has 0 atom stereocenters. The minimum Gasteiger partial charge on any atom is -0.477 e. The van der Waals surface area contributed by atoms with E-state index in [-0.39, 0.29) is 18.8 Å². The number of carbonyl (C=O) groups is 3. The summed E-state index contributed by atoms with van der Waals surface area (Å²) in [6.07, 6.45) is 0.876. The molecule has 0 saturated carbocycles. The number of aromatic nitrogens is 1. The van der Waals surface area contributed by atoms with Crippen LogP contribution in [0.3, 0.4) is 0 Å². The highest BCUT2D eigenvalue weighted by molar-refractivity contribution is 6.12. The lowest BCUT2D eigenvalue weighted by molar-refractivity contribution is -0.140. The second-order valence-corrected chi connectivity index (χ2v) is 6.55. The van der Waals surface area contributed by atoms with E-state index in [4.69, 9.17) is 14.9 Å². The zero-order valence-electron chi connectivity index (χ0n) is 16.4. The molecular formula is C23H20N2O6. The minimum absolute atomic E-state index is 0.0982. The average molecular weight is 420 g/mol.